The molecule has 0 aliphatic heterocycles. The number of nitrogen functional groups attached to an aromatic ring is 1. The van der Waals surface area contributed by atoms with Crippen molar-refractivity contribution >= 4 is 11.8 Å². The summed E-state index contributed by atoms with van der Waals surface area (Å²) in [5.41, 5.74) is 9.90. The average molecular weight is 366 g/mol. The molecule has 1 fully saturated rings. The first-order valence-electron chi connectivity index (χ1n) is 10.0. The summed E-state index contributed by atoms with van der Waals surface area (Å²) in [6, 6.07) is 11.1. The van der Waals surface area contributed by atoms with E-state index >= 15 is 0 Å². The fourth-order valence-corrected chi connectivity index (χ4v) is 4.03. The third-order valence-corrected chi connectivity index (χ3v) is 5.78. The van der Waals surface area contributed by atoms with Gasteiger partial charge in [-0.3, -0.25) is 0 Å². The van der Waals surface area contributed by atoms with Gasteiger partial charge in [0.25, 0.3) is 0 Å². The van der Waals surface area contributed by atoms with Crippen LogP contribution in [-0.4, -0.2) is 12.2 Å². The van der Waals surface area contributed by atoms with Gasteiger partial charge in [0.2, 0.25) is 0 Å². The van der Waals surface area contributed by atoms with E-state index in [0.717, 1.165) is 34.9 Å². The molecule has 1 aliphatic rings. The fourth-order valence-electron chi connectivity index (χ4n) is 4.03. The minimum Gasteiger partial charge on any atom is -0.508 e. The van der Waals surface area contributed by atoms with Crippen LogP contribution >= 0.6 is 0 Å². The van der Waals surface area contributed by atoms with Crippen molar-refractivity contribution in [2.75, 3.05) is 12.8 Å². The lowest BCUT2D eigenvalue weighted by atomic mass is 9.81. The quantitative estimate of drug-likeness (QED) is 0.593. The third kappa shape index (κ3) is 4.85. The number of hydrogen-bond acceptors (Lipinski definition) is 3. The van der Waals surface area contributed by atoms with E-state index in [1.54, 1.807) is 19.2 Å². The molecule has 2 aromatic carbocycles. The van der Waals surface area contributed by atoms with Crippen LogP contribution in [0.3, 0.4) is 0 Å². The largest absolute Gasteiger partial charge is 0.508 e. The lowest BCUT2D eigenvalue weighted by molar-refractivity contribution is 0.279. The predicted molar refractivity (Wildman–Crippen MR) is 114 cm³/mol. The van der Waals surface area contributed by atoms with Crippen LogP contribution in [0.4, 0.5) is 5.69 Å². The monoisotopic (exact) mass is 365 g/mol. The van der Waals surface area contributed by atoms with Gasteiger partial charge in [-0.05, 0) is 42.4 Å². The minimum atomic E-state index is 0.247. The Bertz CT molecular complexity index is 772. The molecule has 0 radical (unpaired) electrons. The summed E-state index contributed by atoms with van der Waals surface area (Å²) >= 11 is 0. The molecule has 0 aromatic heterocycles. The third-order valence-electron chi connectivity index (χ3n) is 5.78. The fraction of sp³-hybridized carbons (Fsp3) is 0.417. The van der Waals surface area contributed by atoms with Gasteiger partial charge in [0.05, 0.1) is 12.8 Å². The lowest BCUT2D eigenvalue weighted by Gasteiger charge is -2.25. The number of allylic oxidation sites excluding steroid dienone is 1. The molecule has 0 unspecified atom stereocenters. The van der Waals surface area contributed by atoms with Crippen LogP contribution in [0.5, 0.6) is 11.5 Å². The van der Waals surface area contributed by atoms with Crippen molar-refractivity contribution in [3.63, 3.8) is 0 Å². The van der Waals surface area contributed by atoms with Crippen LogP contribution in [0.1, 0.15) is 51.0 Å². The molecule has 0 amide bonds. The Balaban J connectivity index is 1.68. The summed E-state index contributed by atoms with van der Waals surface area (Å²) in [6.45, 7) is 2.37. The van der Waals surface area contributed by atoms with E-state index < -0.39 is 0 Å². The maximum absolute atomic E-state index is 9.48. The molecular weight excluding hydrogens is 334 g/mol. The smallest absolute Gasteiger partial charge is 0.149 e. The van der Waals surface area contributed by atoms with Crippen molar-refractivity contribution in [3.8, 4) is 22.6 Å². The number of phenolic OH excluding ortho intramolecular Hbond substituents is 1. The Kier molecular flexibility index (Phi) is 6.44. The zero-order valence-electron chi connectivity index (χ0n) is 16.4. The highest BCUT2D eigenvalue weighted by Crippen LogP contribution is 2.37. The van der Waals surface area contributed by atoms with Crippen LogP contribution in [0.25, 0.3) is 17.2 Å². The van der Waals surface area contributed by atoms with Crippen molar-refractivity contribution in [1.82, 2.24) is 0 Å². The highest BCUT2D eigenvalue weighted by atomic mass is 16.5. The molecule has 0 spiro atoms. The summed E-state index contributed by atoms with van der Waals surface area (Å²) in [5.74, 6) is 2.75. The van der Waals surface area contributed by atoms with Crippen LogP contribution in [0, 0.1) is 11.8 Å². The molecule has 3 N–H and O–H groups in total. The molecule has 1 aliphatic carbocycles. The van der Waals surface area contributed by atoms with Crippen LogP contribution < -0.4 is 10.5 Å². The number of anilines is 1. The molecule has 3 nitrogen and oxygen atoms in total. The van der Waals surface area contributed by atoms with E-state index in [4.69, 9.17) is 10.5 Å². The topological polar surface area (TPSA) is 55.5 Å². The number of nitrogens with two attached hydrogens (primary N) is 1. The van der Waals surface area contributed by atoms with Crippen molar-refractivity contribution in [1.29, 1.82) is 0 Å². The van der Waals surface area contributed by atoms with Crippen molar-refractivity contribution < 1.29 is 9.84 Å². The summed E-state index contributed by atoms with van der Waals surface area (Å²) in [4.78, 5) is 0. The number of rotatable bonds is 6. The Morgan fingerprint density at radius 3 is 2.44 bits per heavy atom. The molecule has 0 heterocycles. The van der Waals surface area contributed by atoms with E-state index in [2.05, 4.69) is 25.1 Å². The van der Waals surface area contributed by atoms with E-state index in [0.29, 0.717) is 11.4 Å². The Labute approximate surface area is 162 Å². The molecule has 3 rings (SSSR count). The van der Waals surface area contributed by atoms with Gasteiger partial charge in [-0.1, -0.05) is 69.0 Å². The number of methoxy groups -OCH3 is 1. The van der Waals surface area contributed by atoms with Gasteiger partial charge < -0.3 is 15.6 Å². The Morgan fingerprint density at radius 1 is 1.07 bits per heavy atom. The predicted octanol–water partition coefficient (Wildman–Crippen LogP) is 6.27. The number of hydrogen-bond donors (Lipinski definition) is 2. The summed E-state index contributed by atoms with van der Waals surface area (Å²) in [5, 5.41) is 9.48. The average Bonchev–Trinajstić information content (AvgIpc) is 2.68. The first kappa shape index (κ1) is 19.3. The molecule has 0 saturated heterocycles. The van der Waals surface area contributed by atoms with Crippen LogP contribution in [0.15, 0.2) is 42.5 Å². The van der Waals surface area contributed by atoms with Gasteiger partial charge in [-0.15, -0.1) is 0 Å². The molecule has 3 heteroatoms. The first-order chi connectivity index (χ1) is 13.1. The molecule has 0 bridgehead atoms. The Hall–Kier alpha value is -2.42. The van der Waals surface area contributed by atoms with E-state index in [-0.39, 0.29) is 5.75 Å². The summed E-state index contributed by atoms with van der Waals surface area (Å²) in [7, 11) is 1.66. The number of phenols is 1. The molecule has 2 aromatic rings. The van der Waals surface area contributed by atoms with Crippen molar-refractivity contribution in [2.24, 2.45) is 11.8 Å². The van der Waals surface area contributed by atoms with Crippen LogP contribution in [-0.2, 0) is 0 Å². The standard InChI is InChI=1S/C24H31NO2/c1-17-7-9-18(10-8-17)5-3-4-6-20-13-16-22(23(25)24(20)27-2)19-11-14-21(26)15-12-19/h4,6,11-18,26H,3,5,7-10,25H2,1-2H3/b6-4+. The molecule has 27 heavy (non-hydrogen) atoms. The van der Waals surface area contributed by atoms with Gasteiger partial charge in [0.15, 0.2) is 0 Å². The van der Waals surface area contributed by atoms with E-state index in [1.807, 2.05) is 18.2 Å². The molecular formula is C24H31NO2. The van der Waals surface area contributed by atoms with Gasteiger partial charge in [-0.25, -0.2) is 0 Å². The first-order valence-corrected chi connectivity index (χ1v) is 10.0. The van der Waals surface area contributed by atoms with Crippen LogP contribution in [0.2, 0.25) is 0 Å². The maximum Gasteiger partial charge on any atom is 0.149 e. The highest BCUT2D eigenvalue weighted by molar-refractivity contribution is 5.84. The normalized spacial score (nSPS) is 20.1. The van der Waals surface area contributed by atoms with Crippen molar-refractivity contribution in [3.05, 3.63) is 48.0 Å². The second kappa shape index (κ2) is 8.98. The summed E-state index contributed by atoms with van der Waals surface area (Å²) in [6.07, 6.45) is 12.3. The number of aromatic hydroxyl groups is 1. The van der Waals surface area contributed by atoms with Gasteiger partial charge in [0.1, 0.15) is 11.5 Å². The minimum absolute atomic E-state index is 0.247. The molecule has 0 atom stereocenters. The lowest BCUT2D eigenvalue weighted by Crippen LogP contribution is -2.11. The summed E-state index contributed by atoms with van der Waals surface area (Å²) < 4.78 is 5.60. The van der Waals surface area contributed by atoms with Crippen molar-refractivity contribution in [2.45, 2.75) is 45.4 Å². The molecule has 1 saturated carbocycles. The number of ether oxygens (including phenoxy) is 1. The second-order valence-electron chi connectivity index (χ2n) is 7.80. The van der Waals surface area contributed by atoms with Gasteiger partial charge in [0, 0.05) is 11.1 Å². The zero-order valence-corrected chi connectivity index (χ0v) is 16.4. The van der Waals surface area contributed by atoms with E-state index in [1.165, 1.54) is 32.1 Å². The number of benzene rings is 2. The maximum atomic E-state index is 9.48. The molecule has 144 valence electrons. The zero-order chi connectivity index (χ0) is 19.2. The van der Waals surface area contributed by atoms with E-state index in [9.17, 15) is 5.11 Å². The second-order valence-corrected chi connectivity index (χ2v) is 7.80. The van der Waals surface area contributed by atoms with Gasteiger partial charge >= 0.3 is 0 Å². The Morgan fingerprint density at radius 2 is 1.78 bits per heavy atom. The van der Waals surface area contributed by atoms with Gasteiger partial charge in [-0.2, -0.15) is 0 Å². The highest BCUT2D eigenvalue weighted by Gasteiger charge is 2.17. The SMILES string of the molecule is COc1c(/C=C/CCC2CCC(C)CC2)ccc(-c2ccc(O)cc2)c1N.